The number of aliphatic imine (C=N–C) groups is 1. The fraction of sp³-hybridized carbons (Fsp3) is 0.360. The number of hydrogen-bond donors (Lipinski definition) is 1. The first-order valence-electron chi connectivity index (χ1n) is 11.0. The number of aryl methyl sites for hydroxylation is 3. The highest BCUT2D eigenvalue weighted by Gasteiger charge is 2.35. The first-order chi connectivity index (χ1) is 15.3. The lowest BCUT2D eigenvalue weighted by Gasteiger charge is -2.20. The number of thioether (sulfide) groups is 1. The van der Waals surface area contributed by atoms with E-state index in [4.69, 9.17) is 5.41 Å². The van der Waals surface area contributed by atoms with Crippen LogP contribution in [0.5, 0.6) is 0 Å². The van der Waals surface area contributed by atoms with Gasteiger partial charge in [-0.15, -0.1) is 0 Å². The Morgan fingerprint density at radius 3 is 2.47 bits per heavy atom. The number of nitrogens with one attached hydrogen (secondary N) is 1. The van der Waals surface area contributed by atoms with Crippen LogP contribution in [0.25, 0.3) is 11.8 Å². The highest BCUT2D eigenvalue weighted by atomic mass is 32.2. The van der Waals surface area contributed by atoms with E-state index in [0.29, 0.717) is 5.17 Å². The third kappa shape index (κ3) is 4.21. The van der Waals surface area contributed by atoms with Gasteiger partial charge < -0.3 is 4.57 Å². The molecule has 4 rings (SSSR count). The molecule has 0 saturated heterocycles. The van der Waals surface area contributed by atoms with Crippen molar-refractivity contribution in [3.05, 3.63) is 57.9 Å². The summed E-state index contributed by atoms with van der Waals surface area (Å²) in [7, 11) is 0. The summed E-state index contributed by atoms with van der Waals surface area (Å²) in [6.07, 6.45) is 5.97. The second-order valence-corrected chi connectivity index (χ2v) is 9.52. The molecule has 0 atom stereocenters. The molecule has 6 nitrogen and oxygen atoms in total. The fourth-order valence-corrected chi connectivity index (χ4v) is 5.15. The van der Waals surface area contributed by atoms with E-state index in [1.807, 2.05) is 6.92 Å². The van der Waals surface area contributed by atoms with Gasteiger partial charge in [-0.05, 0) is 93.3 Å². The van der Waals surface area contributed by atoms with E-state index in [9.17, 15) is 4.79 Å². The minimum absolute atomic E-state index is 0.0918. The molecule has 2 aromatic rings. The molecule has 32 heavy (non-hydrogen) atoms. The molecule has 0 radical (unpaired) electrons. The van der Waals surface area contributed by atoms with E-state index in [0.717, 1.165) is 53.4 Å². The summed E-state index contributed by atoms with van der Waals surface area (Å²) in [6.45, 7) is 10.4. The standard InChI is InChI=1S/C25H29N5OS/c1-6-7-8-9-22-28-30-23(26)21(24(31)27-25(30)32-22)14-19-13-17(4)29(18(19)5)20-11-15(2)10-16(3)12-20/h10-14,26H,6-9H2,1-5H3/b21-14+,26-23?. The van der Waals surface area contributed by atoms with Gasteiger partial charge in [0.05, 0.1) is 5.57 Å². The van der Waals surface area contributed by atoms with Crippen LogP contribution in [-0.2, 0) is 4.79 Å². The second kappa shape index (κ2) is 8.90. The minimum Gasteiger partial charge on any atom is -0.318 e. The molecule has 7 heteroatoms. The number of benzene rings is 1. The maximum absolute atomic E-state index is 12.8. The van der Waals surface area contributed by atoms with Crippen molar-refractivity contribution >= 4 is 39.8 Å². The predicted octanol–water partition coefficient (Wildman–Crippen LogP) is 5.91. The maximum atomic E-state index is 12.8. The van der Waals surface area contributed by atoms with Gasteiger partial charge in [-0.3, -0.25) is 10.2 Å². The van der Waals surface area contributed by atoms with E-state index >= 15 is 0 Å². The topological polar surface area (TPSA) is 73.8 Å². The van der Waals surface area contributed by atoms with Crippen molar-refractivity contribution in [3.8, 4) is 5.69 Å². The van der Waals surface area contributed by atoms with Crippen LogP contribution in [0, 0.1) is 33.1 Å². The normalized spacial score (nSPS) is 17.2. The Bertz CT molecular complexity index is 1180. The molecule has 2 aliphatic rings. The zero-order valence-corrected chi connectivity index (χ0v) is 20.1. The third-order valence-corrected chi connectivity index (χ3v) is 6.69. The Kier molecular flexibility index (Phi) is 6.20. The quantitative estimate of drug-likeness (QED) is 0.442. The van der Waals surface area contributed by atoms with Crippen LogP contribution in [0.4, 0.5) is 0 Å². The average Bonchev–Trinajstić information content (AvgIpc) is 3.24. The minimum atomic E-state index is -0.380. The van der Waals surface area contributed by atoms with Crippen LogP contribution in [-0.4, -0.2) is 31.5 Å². The van der Waals surface area contributed by atoms with Crippen LogP contribution >= 0.6 is 11.8 Å². The summed E-state index contributed by atoms with van der Waals surface area (Å²) in [5, 5.41) is 16.1. The first kappa shape index (κ1) is 22.3. The Morgan fingerprint density at radius 2 is 1.78 bits per heavy atom. The number of hydrazone groups is 1. The molecule has 2 aliphatic heterocycles. The number of fused-ring (bicyclic) bond motifs is 1. The lowest BCUT2D eigenvalue weighted by atomic mass is 10.1. The van der Waals surface area contributed by atoms with Crippen molar-refractivity contribution in [2.24, 2.45) is 10.1 Å². The van der Waals surface area contributed by atoms with E-state index in [2.05, 4.69) is 66.6 Å². The van der Waals surface area contributed by atoms with E-state index < -0.39 is 0 Å². The molecule has 0 bridgehead atoms. The molecule has 1 aromatic heterocycles. The summed E-state index contributed by atoms with van der Waals surface area (Å²) in [5.74, 6) is -0.288. The molecule has 166 valence electrons. The largest absolute Gasteiger partial charge is 0.318 e. The third-order valence-electron chi connectivity index (χ3n) is 5.73. The van der Waals surface area contributed by atoms with Gasteiger partial charge in [0.1, 0.15) is 5.04 Å². The molecule has 0 unspecified atom stereocenters. The number of nitrogens with zero attached hydrogens (tertiary/aromatic N) is 4. The molecular weight excluding hydrogens is 418 g/mol. The van der Waals surface area contributed by atoms with E-state index in [1.165, 1.54) is 27.9 Å². The molecule has 0 fully saturated rings. The second-order valence-electron chi connectivity index (χ2n) is 8.48. The number of hydrogen-bond acceptors (Lipinski definition) is 4. The Balaban J connectivity index is 1.66. The smallest absolute Gasteiger partial charge is 0.283 e. The summed E-state index contributed by atoms with van der Waals surface area (Å²) >= 11 is 1.40. The van der Waals surface area contributed by atoms with Crippen LogP contribution in [0.15, 0.2) is 39.9 Å². The molecule has 1 aromatic carbocycles. The number of carbonyl (C=O) groups is 1. The zero-order chi connectivity index (χ0) is 23.0. The van der Waals surface area contributed by atoms with Gasteiger partial charge in [-0.25, -0.2) is 0 Å². The van der Waals surface area contributed by atoms with Crippen molar-refractivity contribution < 1.29 is 4.79 Å². The number of rotatable bonds is 6. The van der Waals surface area contributed by atoms with Crippen LogP contribution < -0.4 is 0 Å². The van der Waals surface area contributed by atoms with Gasteiger partial charge in [0.25, 0.3) is 5.91 Å². The van der Waals surface area contributed by atoms with E-state index in [1.54, 1.807) is 6.08 Å². The molecule has 0 spiro atoms. The number of amides is 1. The molecule has 0 aliphatic carbocycles. The first-order valence-corrected chi connectivity index (χ1v) is 11.9. The van der Waals surface area contributed by atoms with Crippen molar-refractivity contribution in [3.63, 3.8) is 0 Å². The van der Waals surface area contributed by atoms with Crippen LogP contribution in [0.1, 0.15) is 60.7 Å². The highest BCUT2D eigenvalue weighted by Crippen LogP contribution is 2.31. The number of aromatic nitrogens is 1. The van der Waals surface area contributed by atoms with Crippen molar-refractivity contribution in [2.45, 2.75) is 60.3 Å². The summed E-state index contributed by atoms with van der Waals surface area (Å²) < 4.78 is 2.19. The molecular formula is C25H29N5OS. The number of carbonyl (C=O) groups excluding carboxylic acids is 1. The van der Waals surface area contributed by atoms with Crippen molar-refractivity contribution in [2.75, 3.05) is 0 Å². The maximum Gasteiger partial charge on any atom is 0.283 e. The Hall–Kier alpha value is -2.93. The van der Waals surface area contributed by atoms with Crippen molar-refractivity contribution in [1.82, 2.24) is 9.58 Å². The van der Waals surface area contributed by atoms with E-state index in [-0.39, 0.29) is 17.3 Å². The monoisotopic (exact) mass is 447 g/mol. The van der Waals surface area contributed by atoms with Crippen LogP contribution in [0.2, 0.25) is 0 Å². The van der Waals surface area contributed by atoms with Gasteiger partial charge in [-0.2, -0.15) is 15.1 Å². The molecule has 1 N–H and O–H groups in total. The molecule has 1 amide bonds. The summed E-state index contributed by atoms with van der Waals surface area (Å²) in [5.41, 5.74) is 6.79. The summed E-state index contributed by atoms with van der Waals surface area (Å²) in [4.78, 5) is 17.0. The Morgan fingerprint density at radius 1 is 1.06 bits per heavy atom. The number of unbranched alkanes of at least 4 members (excludes halogenated alkanes) is 2. The Labute approximate surface area is 193 Å². The SMILES string of the molecule is CCCCCC1=NN2C(=N)/C(=C\c3cc(C)n(-c4cc(C)cc(C)c4)c3C)C(=O)N=C2S1. The number of amidine groups is 2. The highest BCUT2D eigenvalue weighted by molar-refractivity contribution is 8.26. The van der Waals surface area contributed by atoms with Crippen LogP contribution in [0.3, 0.4) is 0 Å². The van der Waals surface area contributed by atoms with Gasteiger partial charge in [0.2, 0.25) is 5.17 Å². The predicted molar refractivity (Wildman–Crippen MR) is 134 cm³/mol. The zero-order valence-electron chi connectivity index (χ0n) is 19.3. The van der Waals surface area contributed by atoms with Gasteiger partial charge >= 0.3 is 0 Å². The van der Waals surface area contributed by atoms with Crippen molar-refractivity contribution in [1.29, 1.82) is 5.41 Å². The van der Waals surface area contributed by atoms with Gasteiger partial charge in [0, 0.05) is 17.1 Å². The average molecular weight is 448 g/mol. The molecule has 3 heterocycles. The lowest BCUT2D eigenvalue weighted by molar-refractivity contribution is -0.114. The van der Waals surface area contributed by atoms with Gasteiger partial charge in [0.15, 0.2) is 5.84 Å². The lowest BCUT2D eigenvalue weighted by Crippen LogP contribution is -2.35. The molecule has 0 saturated carbocycles. The van der Waals surface area contributed by atoms with Gasteiger partial charge in [-0.1, -0.05) is 25.8 Å². The summed E-state index contributed by atoms with van der Waals surface area (Å²) in [6, 6.07) is 8.52. The fourth-order valence-electron chi connectivity index (χ4n) is 4.23.